The second-order valence-corrected chi connectivity index (χ2v) is 12.5. The number of amides is 2. The number of benzene rings is 3. The van der Waals surface area contributed by atoms with Crippen LogP contribution in [-0.4, -0.2) is 43.3 Å². The van der Waals surface area contributed by atoms with E-state index in [1.807, 2.05) is 39.8 Å². The molecule has 2 amide bonds. The second-order valence-electron chi connectivity index (χ2n) is 10.7. The normalized spacial score (nSPS) is 12.4. The maximum atomic E-state index is 14.0. The van der Waals surface area contributed by atoms with Crippen molar-refractivity contribution in [1.82, 2.24) is 10.2 Å². The smallest absolute Gasteiger partial charge is 0.264 e. The number of anilines is 1. The first-order chi connectivity index (χ1) is 18.9. The number of aryl methyl sites for hydroxylation is 1. The van der Waals surface area contributed by atoms with Crippen LogP contribution in [0.2, 0.25) is 0 Å². The topological polar surface area (TPSA) is 86.8 Å². The van der Waals surface area contributed by atoms with Crippen molar-refractivity contribution in [3.63, 3.8) is 0 Å². The van der Waals surface area contributed by atoms with Crippen molar-refractivity contribution in [1.29, 1.82) is 0 Å². The van der Waals surface area contributed by atoms with Crippen LogP contribution in [-0.2, 0) is 32.6 Å². The third-order valence-electron chi connectivity index (χ3n) is 6.39. The van der Waals surface area contributed by atoms with Gasteiger partial charge in [0.25, 0.3) is 10.0 Å². The van der Waals surface area contributed by atoms with Crippen molar-refractivity contribution < 1.29 is 22.4 Å². The second kappa shape index (κ2) is 13.1. The Balaban J connectivity index is 2.06. The fourth-order valence-corrected chi connectivity index (χ4v) is 5.74. The van der Waals surface area contributed by atoms with E-state index in [1.54, 1.807) is 49.4 Å². The summed E-state index contributed by atoms with van der Waals surface area (Å²) in [4.78, 5) is 28.8. The van der Waals surface area contributed by atoms with E-state index in [9.17, 15) is 22.4 Å². The molecule has 214 valence electrons. The largest absolute Gasteiger partial charge is 0.350 e. The monoisotopic (exact) mass is 567 g/mol. The Morgan fingerprint density at radius 1 is 0.875 bits per heavy atom. The summed E-state index contributed by atoms with van der Waals surface area (Å²) in [7, 11) is -4.13. The lowest BCUT2D eigenvalue weighted by molar-refractivity contribution is -0.141. The van der Waals surface area contributed by atoms with E-state index >= 15 is 0 Å². The van der Waals surface area contributed by atoms with Gasteiger partial charge in [-0.15, -0.1) is 0 Å². The van der Waals surface area contributed by atoms with Gasteiger partial charge in [0, 0.05) is 12.1 Å². The zero-order valence-corrected chi connectivity index (χ0v) is 24.5. The van der Waals surface area contributed by atoms with Crippen molar-refractivity contribution in [2.24, 2.45) is 0 Å². The van der Waals surface area contributed by atoms with Crippen LogP contribution in [0.15, 0.2) is 83.8 Å². The molecule has 40 heavy (non-hydrogen) atoms. The number of hydrogen-bond donors (Lipinski definition) is 1. The third-order valence-corrected chi connectivity index (χ3v) is 8.18. The summed E-state index contributed by atoms with van der Waals surface area (Å²) in [5.74, 6) is -1.33. The number of carbonyl (C=O) groups excluding carboxylic acids is 2. The van der Waals surface area contributed by atoms with E-state index in [4.69, 9.17) is 0 Å². The highest BCUT2D eigenvalue weighted by atomic mass is 32.2. The predicted octanol–water partition coefficient (Wildman–Crippen LogP) is 5.31. The van der Waals surface area contributed by atoms with Crippen LogP contribution in [0.5, 0.6) is 0 Å². The lowest BCUT2D eigenvalue weighted by atomic mass is 10.1. The molecule has 0 aromatic heterocycles. The van der Waals surface area contributed by atoms with Gasteiger partial charge in [0.1, 0.15) is 18.4 Å². The van der Waals surface area contributed by atoms with Crippen LogP contribution in [0.25, 0.3) is 0 Å². The molecule has 9 heteroatoms. The van der Waals surface area contributed by atoms with Gasteiger partial charge in [-0.25, -0.2) is 12.8 Å². The van der Waals surface area contributed by atoms with Gasteiger partial charge in [-0.2, -0.15) is 0 Å². The molecule has 0 saturated heterocycles. The van der Waals surface area contributed by atoms with Crippen LogP contribution < -0.4 is 9.62 Å². The van der Waals surface area contributed by atoms with E-state index in [1.165, 1.54) is 29.2 Å². The van der Waals surface area contributed by atoms with Crippen LogP contribution >= 0.6 is 0 Å². The van der Waals surface area contributed by atoms with E-state index in [0.29, 0.717) is 17.7 Å². The third kappa shape index (κ3) is 7.91. The first-order valence-corrected chi connectivity index (χ1v) is 14.8. The van der Waals surface area contributed by atoms with Crippen molar-refractivity contribution in [3.8, 4) is 0 Å². The molecule has 0 aliphatic carbocycles. The minimum atomic E-state index is -4.13. The minimum absolute atomic E-state index is 0.00315. The molecule has 3 aromatic carbocycles. The summed E-state index contributed by atoms with van der Waals surface area (Å²) in [6.45, 7) is 8.80. The van der Waals surface area contributed by atoms with Crippen LogP contribution in [0, 0.1) is 5.82 Å². The molecule has 7 nitrogen and oxygen atoms in total. The van der Waals surface area contributed by atoms with Crippen molar-refractivity contribution >= 4 is 27.5 Å². The number of nitrogens with one attached hydrogen (secondary N) is 1. The fraction of sp³-hybridized carbons (Fsp3) is 0.355. The average Bonchev–Trinajstić information content (AvgIpc) is 2.92. The Morgan fingerprint density at radius 2 is 1.45 bits per heavy atom. The maximum Gasteiger partial charge on any atom is 0.264 e. The molecule has 0 spiro atoms. The zero-order valence-electron chi connectivity index (χ0n) is 23.7. The molecule has 0 heterocycles. The Hall–Kier alpha value is -3.72. The Bertz CT molecular complexity index is 1390. The number of halogens is 1. The Labute approximate surface area is 237 Å². The van der Waals surface area contributed by atoms with Gasteiger partial charge in [-0.1, -0.05) is 56.3 Å². The first-order valence-electron chi connectivity index (χ1n) is 13.4. The molecule has 0 radical (unpaired) electrons. The van der Waals surface area contributed by atoms with Gasteiger partial charge in [-0.3, -0.25) is 13.9 Å². The zero-order chi connectivity index (χ0) is 29.5. The number of nitrogens with zero attached hydrogens (tertiary/aromatic N) is 2. The molecule has 0 aliphatic rings. The molecule has 0 bridgehead atoms. The predicted molar refractivity (Wildman–Crippen MR) is 156 cm³/mol. The lowest BCUT2D eigenvalue weighted by Crippen LogP contribution is -2.55. The van der Waals surface area contributed by atoms with Crippen molar-refractivity contribution in [2.45, 2.75) is 70.5 Å². The quantitative estimate of drug-likeness (QED) is 0.341. The molecular formula is C31H38FN3O4S. The Morgan fingerprint density at radius 3 is 1.98 bits per heavy atom. The van der Waals surface area contributed by atoms with Crippen LogP contribution in [0.4, 0.5) is 10.1 Å². The molecule has 1 unspecified atom stereocenters. The summed E-state index contributed by atoms with van der Waals surface area (Å²) < 4.78 is 42.4. The number of rotatable bonds is 11. The Kier molecular flexibility index (Phi) is 10.1. The highest BCUT2D eigenvalue weighted by Gasteiger charge is 2.34. The van der Waals surface area contributed by atoms with Gasteiger partial charge in [0.05, 0.1) is 10.6 Å². The summed E-state index contributed by atoms with van der Waals surface area (Å²) in [5.41, 5.74) is 1.43. The number of carbonyl (C=O) groups is 2. The summed E-state index contributed by atoms with van der Waals surface area (Å²) in [6, 6.07) is 19.7. The SMILES string of the molecule is CCc1ccc(N(CC(=O)N(Cc2ccc(F)cc2)C(CC)C(=O)NC(C)(C)C)S(=O)(=O)c2ccccc2)cc1. The standard InChI is InChI=1S/C31H38FN3O4S/c1-6-23-15-19-26(20-16-23)35(40(38,39)27-11-9-8-10-12-27)22-29(36)34(21-24-13-17-25(32)18-14-24)28(7-2)30(37)33-31(3,4)5/h8-20,28H,6-7,21-22H2,1-5H3,(H,33,37). The van der Waals surface area contributed by atoms with Gasteiger partial charge in [-0.05, 0) is 81.1 Å². The van der Waals surface area contributed by atoms with Gasteiger partial charge in [0.2, 0.25) is 11.8 Å². The first kappa shape index (κ1) is 30.8. The maximum absolute atomic E-state index is 14.0. The fourth-order valence-electron chi connectivity index (χ4n) is 4.31. The number of sulfonamides is 1. The average molecular weight is 568 g/mol. The molecule has 0 aliphatic heterocycles. The molecule has 1 atom stereocenters. The molecule has 0 saturated carbocycles. The van der Waals surface area contributed by atoms with E-state index in [0.717, 1.165) is 16.3 Å². The van der Waals surface area contributed by atoms with Gasteiger partial charge < -0.3 is 10.2 Å². The molecule has 3 rings (SSSR count). The summed E-state index contributed by atoms with van der Waals surface area (Å²) in [5, 5.41) is 2.93. The van der Waals surface area contributed by atoms with Gasteiger partial charge in [0.15, 0.2) is 0 Å². The van der Waals surface area contributed by atoms with Crippen LogP contribution in [0.3, 0.4) is 0 Å². The molecule has 0 fully saturated rings. The van der Waals surface area contributed by atoms with E-state index in [-0.39, 0.29) is 17.3 Å². The lowest BCUT2D eigenvalue weighted by Gasteiger charge is -2.34. The highest BCUT2D eigenvalue weighted by Crippen LogP contribution is 2.25. The van der Waals surface area contributed by atoms with Gasteiger partial charge >= 0.3 is 0 Å². The highest BCUT2D eigenvalue weighted by molar-refractivity contribution is 7.92. The summed E-state index contributed by atoms with van der Waals surface area (Å²) in [6.07, 6.45) is 1.07. The van der Waals surface area contributed by atoms with Crippen molar-refractivity contribution in [3.05, 3.63) is 95.8 Å². The molecule has 3 aromatic rings. The number of hydrogen-bond acceptors (Lipinski definition) is 4. The van der Waals surface area contributed by atoms with E-state index < -0.39 is 39.9 Å². The minimum Gasteiger partial charge on any atom is -0.350 e. The molecule has 1 N–H and O–H groups in total. The molecular weight excluding hydrogens is 529 g/mol. The van der Waals surface area contributed by atoms with Crippen LogP contribution in [0.1, 0.15) is 52.2 Å². The van der Waals surface area contributed by atoms with E-state index in [2.05, 4.69) is 5.32 Å². The summed E-state index contributed by atoms with van der Waals surface area (Å²) >= 11 is 0. The van der Waals surface area contributed by atoms with Crippen molar-refractivity contribution in [2.75, 3.05) is 10.8 Å².